The molecule has 2 atom stereocenters. The molecule has 5 nitrogen and oxygen atoms in total. The van der Waals surface area contributed by atoms with E-state index in [9.17, 15) is 4.79 Å². The Bertz CT molecular complexity index is 516. The Kier molecular flexibility index (Phi) is 3.53. The maximum absolute atomic E-state index is 12.7. The number of carbonyl (C=O) groups is 1. The molecule has 0 spiro atoms. The van der Waals surface area contributed by atoms with E-state index in [1.165, 1.54) is 6.42 Å². The van der Waals surface area contributed by atoms with Crippen molar-refractivity contribution in [2.45, 2.75) is 37.8 Å². The maximum Gasteiger partial charge on any atom is 0.256 e. The van der Waals surface area contributed by atoms with Crippen LogP contribution in [0.4, 0.5) is 11.4 Å². The first-order chi connectivity index (χ1) is 9.66. The SMILES string of the molecule is Nc1ccc(C(=O)N2CCOC3CCCCC32)c(N)c1. The first-order valence-corrected chi connectivity index (χ1v) is 7.24. The van der Waals surface area contributed by atoms with Crippen LogP contribution in [0.15, 0.2) is 18.2 Å². The highest BCUT2D eigenvalue weighted by Gasteiger charge is 2.37. The molecule has 5 heteroatoms. The quantitative estimate of drug-likeness (QED) is 0.763. The number of benzene rings is 1. The summed E-state index contributed by atoms with van der Waals surface area (Å²) in [4.78, 5) is 14.7. The van der Waals surface area contributed by atoms with Crippen molar-refractivity contribution in [2.24, 2.45) is 0 Å². The number of morpholine rings is 1. The van der Waals surface area contributed by atoms with Crippen LogP contribution in [0.25, 0.3) is 0 Å². The summed E-state index contributed by atoms with van der Waals surface area (Å²) in [6.07, 6.45) is 4.60. The van der Waals surface area contributed by atoms with Crippen LogP contribution in [0.1, 0.15) is 36.0 Å². The Hall–Kier alpha value is -1.75. The van der Waals surface area contributed by atoms with Crippen LogP contribution in [0, 0.1) is 0 Å². The van der Waals surface area contributed by atoms with Crippen molar-refractivity contribution in [1.82, 2.24) is 4.90 Å². The lowest BCUT2D eigenvalue weighted by molar-refractivity contribution is -0.0752. The van der Waals surface area contributed by atoms with E-state index < -0.39 is 0 Å². The molecule has 1 aliphatic carbocycles. The number of hydrogen-bond donors (Lipinski definition) is 2. The number of fused-ring (bicyclic) bond motifs is 1. The van der Waals surface area contributed by atoms with Gasteiger partial charge in [-0.25, -0.2) is 0 Å². The minimum atomic E-state index is 0.00250. The molecule has 0 bridgehead atoms. The van der Waals surface area contributed by atoms with Gasteiger partial charge in [0.1, 0.15) is 0 Å². The first-order valence-electron chi connectivity index (χ1n) is 7.24. The van der Waals surface area contributed by atoms with Crippen molar-refractivity contribution in [3.05, 3.63) is 23.8 Å². The zero-order valence-corrected chi connectivity index (χ0v) is 11.5. The van der Waals surface area contributed by atoms with Crippen LogP contribution in [-0.2, 0) is 4.74 Å². The molecule has 3 rings (SSSR count). The van der Waals surface area contributed by atoms with Gasteiger partial charge in [0.15, 0.2) is 0 Å². The van der Waals surface area contributed by atoms with E-state index in [2.05, 4.69) is 0 Å². The van der Waals surface area contributed by atoms with Gasteiger partial charge in [0.25, 0.3) is 5.91 Å². The fourth-order valence-electron chi connectivity index (χ4n) is 3.28. The van der Waals surface area contributed by atoms with E-state index >= 15 is 0 Å². The molecule has 2 fully saturated rings. The van der Waals surface area contributed by atoms with Gasteiger partial charge in [-0.05, 0) is 31.0 Å². The largest absolute Gasteiger partial charge is 0.399 e. The molecule has 1 aromatic carbocycles. The molecular formula is C15H21N3O2. The predicted octanol–water partition coefficient (Wildman–Crippen LogP) is 1.63. The summed E-state index contributed by atoms with van der Waals surface area (Å²) in [5.74, 6) is 0.00250. The van der Waals surface area contributed by atoms with Crippen LogP contribution in [0.2, 0.25) is 0 Å². The third kappa shape index (κ3) is 2.33. The fraction of sp³-hybridized carbons (Fsp3) is 0.533. The number of nitrogens with zero attached hydrogens (tertiary/aromatic N) is 1. The van der Waals surface area contributed by atoms with Gasteiger partial charge >= 0.3 is 0 Å². The lowest BCUT2D eigenvalue weighted by atomic mass is 9.89. The van der Waals surface area contributed by atoms with Gasteiger partial charge in [-0.15, -0.1) is 0 Å². The molecule has 20 heavy (non-hydrogen) atoms. The second-order valence-electron chi connectivity index (χ2n) is 5.61. The van der Waals surface area contributed by atoms with E-state index in [4.69, 9.17) is 16.2 Å². The zero-order chi connectivity index (χ0) is 14.1. The third-order valence-corrected chi connectivity index (χ3v) is 4.30. The third-order valence-electron chi connectivity index (χ3n) is 4.30. The van der Waals surface area contributed by atoms with Crippen molar-refractivity contribution in [1.29, 1.82) is 0 Å². The van der Waals surface area contributed by atoms with E-state index in [0.29, 0.717) is 30.1 Å². The summed E-state index contributed by atoms with van der Waals surface area (Å²) in [6.45, 7) is 1.26. The molecule has 2 aliphatic rings. The normalized spacial score (nSPS) is 26.1. The summed E-state index contributed by atoms with van der Waals surface area (Å²) in [7, 11) is 0. The van der Waals surface area contributed by atoms with E-state index in [1.54, 1.807) is 18.2 Å². The number of hydrogen-bond acceptors (Lipinski definition) is 4. The predicted molar refractivity (Wildman–Crippen MR) is 78.3 cm³/mol. The molecule has 1 saturated carbocycles. The standard InChI is InChI=1S/C15H21N3O2/c16-10-5-6-11(12(17)9-10)15(19)18-7-8-20-14-4-2-1-3-13(14)18/h5-6,9,13-14H,1-4,7-8,16-17H2. The van der Waals surface area contributed by atoms with Gasteiger partial charge in [-0.3, -0.25) is 4.79 Å². The summed E-state index contributed by atoms with van der Waals surface area (Å²) >= 11 is 0. The smallest absolute Gasteiger partial charge is 0.256 e. The van der Waals surface area contributed by atoms with Crippen LogP contribution in [-0.4, -0.2) is 36.1 Å². The van der Waals surface area contributed by atoms with Crippen molar-refractivity contribution >= 4 is 17.3 Å². The molecule has 1 heterocycles. The summed E-state index contributed by atoms with van der Waals surface area (Å²) < 4.78 is 5.80. The average molecular weight is 275 g/mol. The Morgan fingerprint density at radius 1 is 1.25 bits per heavy atom. The number of amides is 1. The second-order valence-corrected chi connectivity index (χ2v) is 5.61. The lowest BCUT2D eigenvalue weighted by Crippen LogP contribution is -2.54. The number of ether oxygens (including phenoxy) is 1. The van der Waals surface area contributed by atoms with Gasteiger partial charge in [0, 0.05) is 17.9 Å². The number of nitrogens with two attached hydrogens (primary N) is 2. The molecule has 1 amide bonds. The first kappa shape index (κ1) is 13.2. The summed E-state index contributed by atoms with van der Waals surface area (Å²) in [5.41, 5.74) is 13.2. The molecule has 108 valence electrons. The van der Waals surface area contributed by atoms with Gasteiger partial charge in [0.05, 0.1) is 24.3 Å². The molecule has 2 unspecified atom stereocenters. The molecule has 1 saturated heterocycles. The van der Waals surface area contributed by atoms with Crippen molar-refractivity contribution in [3.63, 3.8) is 0 Å². The van der Waals surface area contributed by atoms with Gasteiger partial charge in [-0.1, -0.05) is 12.8 Å². The lowest BCUT2D eigenvalue weighted by Gasteiger charge is -2.43. The average Bonchev–Trinajstić information content (AvgIpc) is 2.46. The van der Waals surface area contributed by atoms with Crippen molar-refractivity contribution in [2.75, 3.05) is 24.6 Å². The fourth-order valence-corrected chi connectivity index (χ4v) is 3.28. The summed E-state index contributed by atoms with van der Waals surface area (Å²) in [6, 6.07) is 5.29. The monoisotopic (exact) mass is 275 g/mol. The highest BCUT2D eigenvalue weighted by Crippen LogP contribution is 2.30. The summed E-state index contributed by atoms with van der Waals surface area (Å²) in [5, 5.41) is 0. The molecule has 4 N–H and O–H groups in total. The van der Waals surface area contributed by atoms with Gasteiger partial charge in [-0.2, -0.15) is 0 Å². The van der Waals surface area contributed by atoms with Crippen LogP contribution in [0.3, 0.4) is 0 Å². The zero-order valence-electron chi connectivity index (χ0n) is 11.5. The number of rotatable bonds is 1. The van der Waals surface area contributed by atoms with E-state index in [-0.39, 0.29) is 18.1 Å². The topological polar surface area (TPSA) is 81.6 Å². The Labute approximate surface area is 118 Å². The van der Waals surface area contributed by atoms with Crippen LogP contribution >= 0.6 is 0 Å². The van der Waals surface area contributed by atoms with E-state index in [1.807, 2.05) is 4.90 Å². The number of carbonyl (C=O) groups excluding carboxylic acids is 1. The Morgan fingerprint density at radius 3 is 2.85 bits per heavy atom. The highest BCUT2D eigenvalue weighted by molar-refractivity contribution is 6.00. The molecule has 1 aromatic rings. The van der Waals surface area contributed by atoms with Crippen molar-refractivity contribution in [3.8, 4) is 0 Å². The molecule has 1 aliphatic heterocycles. The minimum absolute atomic E-state index is 0.00250. The van der Waals surface area contributed by atoms with Crippen LogP contribution in [0.5, 0.6) is 0 Å². The minimum Gasteiger partial charge on any atom is -0.399 e. The maximum atomic E-state index is 12.7. The van der Waals surface area contributed by atoms with Crippen LogP contribution < -0.4 is 11.5 Å². The second kappa shape index (κ2) is 5.32. The van der Waals surface area contributed by atoms with Gasteiger partial charge in [0.2, 0.25) is 0 Å². The van der Waals surface area contributed by atoms with Crippen molar-refractivity contribution < 1.29 is 9.53 Å². The molecule has 0 radical (unpaired) electrons. The molecule has 0 aromatic heterocycles. The van der Waals surface area contributed by atoms with Gasteiger partial charge < -0.3 is 21.1 Å². The number of anilines is 2. The number of nitrogen functional groups attached to an aromatic ring is 2. The molecular weight excluding hydrogens is 254 g/mol. The highest BCUT2D eigenvalue weighted by atomic mass is 16.5. The Morgan fingerprint density at radius 2 is 2.05 bits per heavy atom. The van der Waals surface area contributed by atoms with E-state index in [0.717, 1.165) is 19.3 Å². The Balaban J connectivity index is 1.85.